The van der Waals surface area contributed by atoms with Crippen molar-refractivity contribution in [1.82, 2.24) is 14.5 Å². The van der Waals surface area contributed by atoms with E-state index in [-0.39, 0.29) is 22.9 Å². The number of carbonyl (C=O) groups is 1. The summed E-state index contributed by atoms with van der Waals surface area (Å²) in [7, 11) is 1.73. The highest BCUT2D eigenvalue weighted by molar-refractivity contribution is 6.38. The highest BCUT2D eigenvalue weighted by atomic mass is 35.5. The molecule has 0 spiro atoms. The molecule has 0 unspecified atom stereocenters. The zero-order valence-electron chi connectivity index (χ0n) is 17.4. The number of ether oxygens (including phenoxy) is 1. The van der Waals surface area contributed by atoms with Crippen molar-refractivity contribution in [1.29, 1.82) is 0 Å². The van der Waals surface area contributed by atoms with E-state index in [4.69, 9.17) is 27.9 Å². The van der Waals surface area contributed by atoms with Crippen molar-refractivity contribution in [3.63, 3.8) is 0 Å². The highest BCUT2D eigenvalue weighted by Crippen LogP contribution is 2.35. The minimum atomic E-state index is -4.46. The van der Waals surface area contributed by atoms with Gasteiger partial charge in [-0.1, -0.05) is 23.2 Å². The van der Waals surface area contributed by atoms with E-state index in [1.165, 1.54) is 0 Å². The Morgan fingerprint density at radius 2 is 1.88 bits per heavy atom. The number of alkyl halides is 3. The molecule has 1 saturated heterocycles. The quantitative estimate of drug-likeness (QED) is 0.507. The second kappa shape index (κ2) is 8.57. The molecule has 0 bridgehead atoms. The van der Waals surface area contributed by atoms with E-state index in [0.29, 0.717) is 59.4 Å². The zero-order valence-corrected chi connectivity index (χ0v) is 18.9. The molecule has 3 aromatic rings. The Morgan fingerprint density at radius 3 is 2.53 bits per heavy atom. The van der Waals surface area contributed by atoms with Crippen LogP contribution in [0.1, 0.15) is 32.9 Å². The molecule has 0 N–H and O–H groups in total. The average molecular weight is 486 g/mol. The van der Waals surface area contributed by atoms with Crippen molar-refractivity contribution in [2.75, 3.05) is 26.3 Å². The SMILES string of the molecule is Cc1cc(C(F)(F)F)cc2nc(Cc3c(Cl)ccc(C(=O)N4CCOCC4)c3Cl)n(C)c12. The van der Waals surface area contributed by atoms with Crippen LogP contribution in [-0.4, -0.2) is 46.7 Å². The first-order valence-corrected chi connectivity index (χ1v) is 10.7. The Labute approximate surface area is 192 Å². The predicted octanol–water partition coefficient (Wildman–Crippen LogP) is 5.27. The summed E-state index contributed by atoms with van der Waals surface area (Å²) < 4.78 is 46.7. The first-order chi connectivity index (χ1) is 15.1. The summed E-state index contributed by atoms with van der Waals surface area (Å²) in [5.74, 6) is 0.272. The molecule has 2 heterocycles. The number of rotatable bonds is 3. The molecule has 32 heavy (non-hydrogen) atoms. The fourth-order valence-electron chi connectivity index (χ4n) is 3.97. The van der Waals surface area contributed by atoms with Crippen molar-refractivity contribution < 1.29 is 22.7 Å². The number of nitrogens with zero attached hydrogens (tertiary/aromatic N) is 3. The lowest BCUT2D eigenvalue weighted by Gasteiger charge is -2.27. The molecule has 1 aromatic heterocycles. The molecule has 0 aliphatic carbocycles. The van der Waals surface area contributed by atoms with Crippen LogP contribution in [0.2, 0.25) is 10.0 Å². The van der Waals surface area contributed by atoms with Gasteiger partial charge in [0.25, 0.3) is 5.91 Å². The van der Waals surface area contributed by atoms with Gasteiger partial charge in [-0.05, 0) is 42.3 Å². The van der Waals surface area contributed by atoms with Gasteiger partial charge in [0.1, 0.15) is 5.82 Å². The van der Waals surface area contributed by atoms with Crippen LogP contribution in [0.5, 0.6) is 0 Å². The summed E-state index contributed by atoms with van der Waals surface area (Å²) in [6, 6.07) is 5.33. The molecule has 1 aliphatic rings. The van der Waals surface area contributed by atoms with Crippen molar-refractivity contribution >= 4 is 40.1 Å². The van der Waals surface area contributed by atoms with Crippen molar-refractivity contribution in [2.24, 2.45) is 7.05 Å². The topological polar surface area (TPSA) is 47.4 Å². The molecule has 1 amide bonds. The highest BCUT2D eigenvalue weighted by Gasteiger charge is 2.32. The van der Waals surface area contributed by atoms with Crippen LogP contribution in [0.3, 0.4) is 0 Å². The number of carbonyl (C=O) groups excluding carboxylic acids is 1. The number of halogens is 5. The summed E-state index contributed by atoms with van der Waals surface area (Å²) in [5.41, 5.74) is 1.37. The van der Waals surface area contributed by atoms with Gasteiger partial charge in [-0.3, -0.25) is 4.79 Å². The van der Waals surface area contributed by atoms with Gasteiger partial charge >= 0.3 is 6.18 Å². The lowest BCUT2D eigenvalue weighted by atomic mass is 10.1. The summed E-state index contributed by atoms with van der Waals surface area (Å²) in [4.78, 5) is 19.0. The van der Waals surface area contributed by atoms with Crippen molar-refractivity contribution in [2.45, 2.75) is 19.5 Å². The van der Waals surface area contributed by atoms with Crippen LogP contribution in [0, 0.1) is 6.92 Å². The minimum Gasteiger partial charge on any atom is -0.378 e. The number of aryl methyl sites for hydroxylation is 2. The van der Waals surface area contributed by atoms with Gasteiger partial charge in [-0.2, -0.15) is 13.2 Å². The third-order valence-corrected chi connectivity index (χ3v) is 6.42. The smallest absolute Gasteiger partial charge is 0.378 e. The molecule has 5 nitrogen and oxygen atoms in total. The molecule has 1 fully saturated rings. The lowest BCUT2D eigenvalue weighted by molar-refractivity contribution is -0.137. The number of hydrogen-bond donors (Lipinski definition) is 0. The summed E-state index contributed by atoms with van der Waals surface area (Å²) >= 11 is 13.0. The van der Waals surface area contributed by atoms with E-state index in [2.05, 4.69) is 4.98 Å². The van der Waals surface area contributed by atoms with Gasteiger partial charge < -0.3 is 14.2 Å². The van der Waals surface area contributed by atoms with Gasteiger partial charge in [0, 0.05) is 31.6 Å². The standard InChI is InChI=1S/C22H20Cl2F3N3O2/c1-12-9-13(22(25,26)27)10-17-20(12)29(2)18(28-17)11-15-16(23)4-3-14(19(15)24)21(31)30-5-7-32-8-6-30/h3-4,9-10H,5-8,11H2,1-2H3. The summed E-state index contributed by atoms with van der Waals surface area (Å²) in [6.07, 6.45) is -4.30. The van der Waals surface area contributed by atoms with Gasteiger partial charge in [0.2, 0.25) is 0 Å². The monoisotopic (exact) mass is 485 g/mol. The maximum Gasteiger partial charge on any atom is 0.416 e. The molecular formula is C22H20Cl2F3N3O2. The number of morpholine rings is 1. The number of hydrogen-bond acceptors (Lipinski definition) is 3. The van der Waals surface area contributed by atoms with Gasteiger partial charge in [0.05, 0.1) is 40.4 Å². The van der Waals surface area contributed by atoms with Crippen LogP contribution in [0.15, 0.2) is 24.3 Å². The largest absolute Gasteiger partial charge is 0.416 e. The maximum atomic E-state index is 13.2. The normalized spacial score (nSPS) is 14.9. The third-order valence-electron chi connectivity index (χ3n) is 5.63. The number of amides is 1. The fraction of sp³-hybridized carbons (Fsp3) is 0.364. The van der Waals surface area contributed by atoms with E-state index in [1.807, 2.05) is 0 Å². The molecule has 0 atom stereocenters. The van der Waals surface area contributed by atoms with Crippen LogP contribution in [-0.2, 0) is 24.4 Å². The number of benzene rings is 2. The van der Waals surface area contributed by atoms with E-state index >= 15 is 0 Å². The van der Waals surface area contributed by atoms with Crippen LogP contribution < -0.4 is 0 Å². The van der Waals surface area contributed by atoms with E-state index in [0.717, 1.165) is 12.1 Å². The Bertz CT molecular complexity index is 1200. The first-order valence-electron chi connectivity index (χ1n) is 9.95. The second-order valence-electron chi connectivity index (χ2n) is 7.71. The molecule has 0 saturated carbocycles. The van der Waals surface area contributed by atoms with Crippen LogP contribution in [0.4, 0.5) is 13.2 Å². The summed E-state index contributed by atoms with van der Waals surface area (Å²) in [6.45, 7) is 3.48. The van der Waals surface area contributed by atoms with Crippen LogP contribution in [0.25, 0.3) is 11.0 Å². The fourth-order valence-corrected chi connectivity index (χ4v) is 4.55. The molecule has 0 radical (unpaired) electrons. The first kappa shape index (κ1) is 22.9. The van der Waals surface area contributed by atoms with Gasteiger partial charge in [-0.15, -0.1) is 0 Å². The number of imidazole rings is 1. The molecule has 2 aromatic carbocycles. The Kier molecular flexibility index (Phi) is 6.13. The Morgan fingerprint density at radius 1 is 1.19 bits per heavy atom. The lowest BCUT2D eigenvalue weighted by Crippen LogP contribution is -2.40. The molecular weight excluding hydrogens is 466 g/mol. The van der Waals surface area contributed by atoms with Crippen molar-refractivity contribution in [3.05, 3.63) is 62.4 Å². The third kappa shape index (κ3) is 4.19. The Hall–Kier alpha value is -2.29. The molecule has 170 valence electrons. The van der Waals surface area contributed by atoms with E-state index < -0.39 is 11.7 Å². The minimum absolute atomic E-state index is 0.161. The van der Waals surface area contributed by atoms with E-state index in [1.54, 1.807) is 35.6 Å². The molecule has 4 rings (SSSR count). The maximum absolute atomic E-state index is 13.2. The summed E-state index contributed by atoms with van der Waals surface area (Å²) in [5, 5.41) is 0.571. The number of aromatic nitrogens is 2. The second-order valence-corrected chi connectivity index (χ2v) is 8.50. The van der Waals surface area contributed by atoms with Gasteiger partial charge in [-0.25, -0.2) is 4.98 Å². The Balaban J connectivity index is 1.73. The van der Waals surface area contributed by atoms with Gasteiger partial charge in [0.15, 0.2) is 0 Å². The number of fused-ring (bicyclic) bond motifs is 1. The van der Waals surface area contributed by atoms with Crippen LogP contribution >= 0.6 is 23.2 Å². The average Bonchev–Trinajstić information content (AvgIpc) is 3.06. The predicted molar refractivity (Wildman–Crippen MR) is 116 cm³/mol. The van der Waals surface area contributed by atoms with Crippen molar-refractivity contribution in [3.8, 4) is 0 Å². The molecule has 10 heteroatoms. The molecule has 1 aliphatic heterocycles. The van der Waals surface area contributed by atoms with E-state index in [9.17, 15) is 18.0 Å². The zero-order chi connectivity index (χ0) is 23.2.